The van der Waals surface area contributed by atoms with E-state index in [4.69, 9.17) is 5.73 Å². The molecule has 4 amide bonds. The van der Waals surface area contributed by atoms with Crippen molar-refractivity contribution in [2.75, 3.05) is 20.1 Å². The average Bonchev–Trinajstić information content (AvgIpc) is 3.14. The van der Waals surface area contributed by atoms with Crippen LogP contribution in [-0.2, 0) is 9.59 Å². The van der Waals surface area contributed by atoms with Gasteiger partial charge >= 0.3 is 12.0 Å². The molecule has 0 saturated carbocycles. The molecule has 0 spiro atoms. The lowest BCUT2D eigenvalue weighted by Crippen LogP contribution is -2.64. The van der Waals surface area contributed by atoms with E-state index < -0.39 is 30.4 Å². The quantitative estimate of drug-likeness (QED) is 0.714. The Morgan fingerprint density at radius 2 is 1.93 bits per heavy atom. The first-order chi connectivity index (χ1) is 13.2. The summed E-state index contributed by atoms with van der Waals surface area (Å²) in [6.45, 7) is 8.01. The van der Waals surface area contributed by atoms with Gasteiger partial charge in [-0.2, -0.15) is 0 Å². The lowest BCUT2D eigenvalue weighted by Gasteiger charge is -2.33. The molecule has 1 fully saturated rings. The Kier molecular flexibility index (Phi) is 5.05. The van der Waals surface area contributed by atoms with E-state index in [-0.39, 0.29) is 0 Å². The van der Waals surface area contributed by atoms with Crippen LogP contribution in [0.3, 0.4) is 0 Å². The minimum atomic E-state index is -0.784. The highest BCUT2D eigenvalue weighted by atomic mass is 16.2. The van der Waals surface area contributed by atoms with Gasteiger partial charge in [-0.25, -0.2) is 9.37 Å². The van der Waals surface area contributed by atoms with Crippen molar-refractivity contribution in [2.45, 2.75) is 46.6 Å². The van der Waals surface area contributed by atoms with Crippen LogP contribution >= 0.6 is 0 Å². The van der Waals surface area contributed by atoms with Gasteiger partial charge in [-0.1, -0.05) is 18.3 Å². The maximum absolute atomic E-state index is 13.1. The van der Waals surface area contributed by atoms with Crippen LogP contribution < -0.4 is 5.73 Å². The third-order valence-corrected chi connectivity index (χ3v) is 5.30. The van der Waals surface area contributed by atoms with Gasteiger partial charge in [-0.3, -0.25) is 19.4 Å². The van der Waals surface area contributed by atoms with E-state index in [1.54, 1.807) is 11.7 Å². The van der Waals surface area contributed by atoms with E-state index in [0.29, 0.717) is 18.3 Å². The summed E-state index contributed by atoms with van der Waals surface area (Å²) in [5.41, 5.74) is 8.08. The molecule has 1 aromatic rings. The molecule has 1 saturated heterocycles. The number of carbonyl (C=O) groups is 3. The molecular formula is C18H26N7O3+. The van der Waals surface area contributed by atoms with Crippen molar-refractivity contribution in [3.05, 3.63) is 17.0 Å². The Morgan fingerprint density at radius 1 is 1.25 bits per heavy atom. The van der Waals surface area contributed by atoms with Gasteiger partial charge in [-0.05, 0) is 27.2 Å². The second kappa shape index (κ2) is 7.17. The summed E-state index contributed by atoms with van der Waals surface area (Å²) in [6, 6.07) is -1.40. The first-order valence-corrected chi connectivity index (χ1v) is 9.31. The summed E-state index contributed by atoms with van der Waals surface area (Å²) in [6.07, 6.45) is 1.76. The van der Waals surface area contributed by atoms with Crippen LogP contribution in [0.5, 0.6) is 0 Å². The molecule has 2 N–H and O–H groups in total. The minimum Gasteiger partial charge on any atom is -0.368 e. The third kappa shape index (κ3) is 2.98. The van der Waals surface area contributed by atoms with Crippen LogP contribution in [0.1, 0.15) is 36.7 Å². The van der Waals surface area contributed by atoms with Crippen LogP contribution in [0.15, 0.2) is 4.99 Å². The molecule has 1 atom stereocenters. The predicted octanol–water partition coefficient (Wildman–Crippen LogP) is -0.0149. The molecule has 10 heteroatoms. The van der Waals surface area contributed by atoms with Gasteiger partial charge in [0.25, 0.3) is 5.91 Å². The Hall–Kier alpha value is -3.04. The summed E-state index contributed by atoms with van der Waals surface area (Å²) >= 11 is 0. The Labute approximate surface area is 163 Å². The number of rotatable bonds is 5. The van der Waals surface area contributed by atoms with Crippen molar-refractivity contribution in [3.63, 3.8) is 0 Å². The van der Waals surface area contributed by atoms with Gasteiger partial charge in [0.05, 0.1) is 12.2 Å². The number of aryl methyl sites for hydroxylation is 1. The van der Waals surface area contributed by atoms with Crippen molar-refractivity contribution in [2.24, 2.45) is 10.7 Å². The zero-order chi connectivity index (χ0) is 20.7. The minimum absolute atomic E-state index is 0.340. The number of fused-ring (bicyclic) bond motifs is 1. The molecular weight excluding hydrogens is 362 g/mol. The maximum Gasteiger partial charge on any atom is 0.421 e. The van der Waals surface area contributed by atoms with Crippen molar-refractivity contribution < 1.29 is 19.0 Å². The number of primary amides is 1. The van der Waals surface area contributed by atoms with Gasteiger partial charge in [-0.15, -0.1) is 9.78 Å². The lowest BCUT2D eigenvalue weighted by molar-refractivity contribution is -0.538. The number of unbranched alkanes of at least 4 members (excludes halogenated alkanes) is 1. The van der Waals surface area contributed by atoms with Crippen LogP contribution in [0.2, 0.25) is 0 Å². The van der Waals surface area contributed by atoms with E-state index in [1.807, 2.05) is 25.3 Å². The highest BCUT2D eigenvalue weighted by Gasteiger charge is 2.53. The van der Waals surface area contributed by atoms with Crippen LogP contribution in [0, 0.1) is 20.8 Å². The molecule has 10 nitrogen and oxygen atoms in total. The number of aliphatic imine (C=N–C) groups is 1. The SMILES string of the molecule is CCCC[N+]1=C(n2nc(C)c(C)c2C)N=C2C1C(=O)N(CC(N)=O)C(=O)N2C. The fraction of sp³-hybridized carbons (Fsp3) is 0.556. The van der Waals surface area contributed by atoms with Gasteiger partial charge < -0.3 is 5.73 Å². The van der Waals surface area contributed by atoms with Crippen molar-refractivity contribution in [1.29, 1.82) is 0 Å². The van der Waals surface area contributed by atoms with Crippen LogP contribution in [-0.4, -0.2) is 80.0 Å². The number of nitrogens with zero attached hydrogens (tertiary/aromatic N) is 6. The fourth-order valence-electron chi connectivity index (χ4n) is 3.45. The van der Waals surface area contributed by atoms with Crippen molar-refractivity contribution in [3.8, 4) is 0 Å². The summed E-state index contributed by atoms with van der Waals surface area (Å²) in [5.74, 6) is -0.389. The van der Waals surface area contributed by atoms with Crippen molar-refractivity contribution >= 4 is 29.6 Å². The third-order valence-electron chi connectivity index (χ3n) is 5.30. The number of aromatic nitrogens is 2. The van der Waals surface area contributed by atoms with Gasteiger partial charge in [0, 0.05) is 12.6 Å². The highest BCUT2D eigenvalue weighted by Crippen LogP contribution is 2.22. The van der Waals surface area contributed by atoms with E-state index in [0.717, 1.165) is 34.7 Å². The standard InChI is InChI=1S/C18H25N7O3/c1-6-7-8-23-14-15(20-17(23)25-12(4)10(2)11(3)21-25)22(5)18(28)24(16(14)27)9-13(19)26/h14H,6-9H2,1-5H3,(H-,19,26)/p+1. The van der Waals surface area contributed by atoms with Crippen LogP contribution in [0.4, 0.5) is 4.79 Å². The zero-order valence-electron chi connectivity index (χ0n) is 16.9. The molecule has 0 bridgehead atoms. The smallest absolute Gasteiger partial charge is 0.368 e. The first-order valence-electron chi connectivity index (χ1n) is 9.31. The normalized spacial score (nSPS) is 19.5. The topological polar surface area (TPSA) is 117 Å². The molecule has 1 unspecified atom stereocenters. The van der Waals surface area contributed by atoms with Gasteiger partial charge in [0.1, 0.15) is 12.2 Å². The number of carbonyl (C=O) groups excluding carboxylic acids is 3. The second-order valence-corrected chi connectivity index (χ2v) is 7.16. The summed E-state index contributed by atoms with van der Waals surface area (Å²) in [7, 11) is 1.54. The number of hydrogen-bond acceptors (Lipinski definition) is 5. The highest BCUT2D eigenvalue weighted by molar-refractivity contribution is 6.23. The summed E-state index contributed by atoms with van der Waals surface area (Å²) < 4.78 is 3.58. The molecule has 0 aromatic carbocycles. The Morgan fingerprint density at radius 3 is 2.46 bits per heavy atom. The Bertz CT molecular complexity index is 928. The predicted molar refractivity (Wildman–Crippen MR) is 102 cm³/mol. The van der Waals surface area contributed by atoms with Gasteiger partial charge in [0.2, 0.25) is 17.8 Å². The molecule has 2 aliphatic rings. The molecule has 150 valence electrons. The average molecular weight is 388 g/mol. The van der Waals surface area contributed by atoms with Crippen molar-refractivity contribution in [1.82, 2.24) is 19.6 Å². The molecule has 28 heavy (non-hydrogen) atoms. The fourth-order valence-corrected chi connectivity index (χ4v) is 3.45. The van der Waals surface area contributed by atoms with E-state index >= 15 is 0 Å². The first kappa shape index (κ1) is 19.7. The number of urea groups is 1. The lowest BCUT2D eigenvalue weighted by atomic mass is 10.1. The molecule has 0 aliphatic carbocycles. The number of amides is 4. The number of amidine groups is 1. The van der Waals surface area contributed by atoms with E-state index in [1.165, 1.54) is 4.90 Å². The number of likely N-dealkylation sites (N-methyl/N-ethyl adjacent to an activating group) is 1. The molecule has 3 heterocycles. The van der Waals surface area contributed by atoms with Gasteiger partial charge in [0.15, 0.2) is 0 Å². The van der Waals surface area contributed by atoms with Crippen LogP contribution in [0.25, 0.3) is 0 Å². The Balaban J connectivity index is 2.14. The molecule has 1 aromatic heterocycles. The monoisotopic (exact) mass is 388 g/mol. The van der Waals surface area contributed by atoms with E-state index in [2.05, 4.69) is 17.0 Å². The summed E-state index contributed by atoms with van der Waals surface area (Å²) in [4.78, 5) is 43.9. The largest absolute Gasteiger partial charge is 0.421 e. The molecule has 0 radical (unpaired) electrons. The number of nitrogens with two attached hydrogens (primary N) is 1. The maximum atomic E-state index is 13.1. The molecule has 3 rings (SSSR count). The summed E-state index contributed by atoms with van der Waals surface area (Å²) in [5, 5.41) is 4.57. The van der Waals surface area contributed by atoms with E-state index in [9.17, 15) is 14.4 Å². The molecule has 2 aliphatic heterocycles. The number of hydrogen-bond donors (Lipinski definition) is 1. The second-order valence-electron chi connectivity index (χ2n) is 7.16. The zero-order valence-corrected chi connectivity index (χ0v) is 16.9. The number of imide groups is 1.